The molecular formula is C10H13N3O2S. The van der Waals surface area contributed by atoms with Crippen molar-refractivity contribution < 1.29 is 9.59 Å². The molecule has 0 aromatic carbocycles. The number of aromatic nitrogens is 1. The van der Waals surface area contributed by atoms with Gasteiger partial charge in [-0.25, -0.2) is 4.98 Å². The molecule has 1 fully saturated rings. The van der Waals surface area contributed by atoms with Crippen molar-refractivity contribution in [3.63, 3.8) is 0 Å². The maximum atomic E-state index is 11.9. The predicted octanol–water partition coefficient (Wildman–Crippen LogP) is 0.380. The standard InChI is InChI=1S/C10H13N3O2S/c1-2-8-10(15)13(4-9(14)12-8)3-7-5-16-6-11-7/h5-6,8H,2-4H2,1H3,(H,12,14). The SMILES string of the molecule is CCC1NC(=O)CN(Cc2cscn2)C1=O. The van der Waals surface area contributed by atoms with Gasteiger partial charge in [-0.15, -0.1) is 11.3 Å². The van der Waals surface area contributed by atoms with Gasteiger partial charge in [-0.05, 0) is 6.42 Å². The Morgan fingerprint density at radius 3 is 3.06 bits per heavy atom. The van der Waals surface area contributed by atoms with Gasteiger partial charge in [-0.1, -0.05) is 6.92 Å². The Labute approximate surface area is 97.5 Å². The third-order valence-electron chi connectivity index (χ3n) is 2.52. The van der Waals surface area contributed by atoms with Crippen LogP contribution in [-0.4, -0.2) is 34.3 Å². The molecule has 6 heteroatoms. The van der Waals surface area contributed by atoms with Crippen molar-refractivity contribution in [3.05, 3.63) is 16.6 Å². The molecule has 2 amide bonds. The number of nitrogens with zero attached hydrogens (tertiary/aromatic N) is 2. The molecule has 0 bridgehead atoms. The van der Waals surface area contributed by atoms with E-state index < -0.39 is 0 Å². The highest BCUT2D eigenvalue weighted by atomic mass is 32.1. The Balaban J connectivity index is 2.08. The average Bonchev–Trinajstić information content (AvgIpc) is 2.75. The van der Waals surface area contributed by atoms with Crippen LogP contribution in [0.2, 0.25) is 0 Å². The maximum absolute atomic E-state index is 11.9. The quantitative estimate of drug-likeness (QED) is 0.829. The Hall–Kier alpha value is -1.43. The third-order valence-corrected chi connectivity index (χ3v) is 3.16. The lowest BCUT2D eigenvalue weighted by Crippen LogP contribution is -2.57. The van der Waals surface area contributed by atoms with Gasteiger partial charge in [0.2, 0.25) is 11.8 Å². The number of nitrogens with one attached hydrogen (secondary N) is 1. The number of carbonyl (C=O) groups excluding carboxylic acids is 2. The fraction of sp³-hybridized carbons (Fsp3) is 0.500. The molecular weight excluding hydrogens is 226 g/mol. The fourth-order valence-corrected chi connectivity index (χ4v) is 2.24. The van der Waals surface area contributed by atoms with Crippen LogP contribution in [-0.2, 0) is 16.1 Å². The number of rotatable bonds is 3. The number of hydrogen-bond donors (Lipinski definition) is 1. The lowest BCUT2D eigenvalue weighted by molar-refractivity contribution is -0.145. The smallest absolute Gasteiger partial charge is 0.245 e. The Kier molecular flexibility index (Phi) is 3.19. The average molecular weight is 239 g/mol. The molecule has 0 aliphatic carbocycles. The highest BCUT2D eigenvalue weighted by Gasteiger charge is 2.31. The summed E-state index contributed by atoms with van der Waals surface area (Å²) in [6.45, 7) is 2.44. The lowest BCUT2D eigenvalue weighted by atomic mass is 10.1. The Bertz CT molecular complexity index is 391. The van der Waals surface area contributed by atoms with Crippen LogP contribution in [0.3, 0.4) is 0 Å². The van der Waals surface area contributed by atoms with Crippen LogP contribution in [0.4, 0.5) is 0 Å². The van der Waals surface area contributed by atoms with Crippen LogP contribution < -0.4 is 5.32 Å². The van der Waals surface area contributed by atoms with E-state index in [0.717, 1.165) is 5.69 Å². The molecule has 2 rings (SSSR count). The summed E-state index contributed by atoms with van der Waals surface area (Å²) in [5.41, 5.74) is 2.56. The molecule has 1 aliphatic rings. The molecule has 0 radical (unpaired) electrons. The first-order chi connectivity index (χ1) is 7.70. The molecule has 86 valence electrons. The van der Waals surface area contributed by atoms with E-state index in [1.54, 1.807) is 10.4 Å². The summed E-state index contributed by atoms with van der Waals surface area (Å²) in [6, 6.07) is -0.375. The molecule has 2 heterocycles. The maximum Gasteiger partial charge on any atom is 0.245 e. The van der Waals surface area contributed by atoms with Crippen LogP contribution in [0.1, 0.15) is 19.0 Å². The second-order valence-corrected chi connectivity index (χ2v) is 4.42. The monoisotopic (exact) mass is 239 g/mol. The van der Waals surface area contributed by atoms with Gasteiger partial charge in [0.25, 0.3) is 0 Å². The fourth-order valence-electron chi connectivity index (χ4n) is 1.70. The van der Waals surface area contributed by atoms with E-state index in [2.05, 4.69) is 10.3 Å². The predicted molar refractivity (Wildman–Crippen MR) is 59.8 cm³/mol. The van der Waals surface area contributed by atoms with Crippen LogP contribution in [0, 0.1) is 0 Å². The number of amides is 2. The molecule has 16 heavy (non-hydrogen) atoms. The second kappa shape index (κ2) is 4.61. The zero-order chi connectivity index (χ0) is 11.5. The summed E-state index contributed by atoms with van der Waals surface area (Å²) in [7, 11) is 0. The zero-order valence-electron chi connectivity index (χ0n) is 8.97. The summed E-state index contributed by atoms with van der Waals surface area (Å²) in [6.07, 6.45) is 0.623. The molecule has 0 spiro atoms. The first-order valence-corrected chi connectivity index (χ1v) is 6.10. The highest BCUT2D eigenvalue weighted by molar-refractivity contribution is 7.07. The van der Waals surface area contributed by atoms with E-state index in [1.165, 1.54) is 11.3 Å². The van der Waals surface area contributed by atoms with Crippen molar-refractivity contribution in [1.29, 1.82) is 0 Å². The van der Waals surface area contributed by atoms with E-state index in [4.69, 9.17) is 0 Å². The number of carbonyl (C=O) groups is 2. The summed E-state index contributed by atoms with van der Waals surface area (Å²) in [5.74, 6) is -0.114. The third kappa shape index (κ3) is 2.21. The van der Waals surface area contributed by atoms with E-state index in [1.807, 2.05) is 12.3 Å². The van der Waals surface area contributed by atoms with Gasteiger partial charge in [0.1, 0.15) is 12.6 Å². The van der Waals surface area contributed by atoms with Crippen LogP contribution in [0.15, 0.2) is 10.9 Å². The molecule has 1 aromatic rings. The number of hydrogen-bond acceptors (Lipinski definition) is 4. The molecule has 1 atom stereocenters. The molecule has 5 nitrogen and oxygen atoms in total. The minimum absolute atomic E-state index is 0.0184. The van der Waals surface area contributed by atoms with Gasteiger partial charge < -0.3 is 10.2 Å². The minimum Gasteiger partial charge on any atom is -0.343 e. The zero-order valence-corrected chi connectivity index (χ0v) is 9.79. The van der Waals surface area contributed by atoms with Crippen molar-refractivity contribution in [3.8, 4) is 0 Å². The summed E-state index contributed by atoms with van der Waals surface area (Å²) in [5, 5.41) is 4.57. The van der Waals surface area contributed by atoms with E-state index in [0.29, 0.717) is 13.0 Å². The number of thiazole rings is 1. The van der Waals surface area contributed by atoms with Crippen molar-refractivity contribution >= 4 is 23.2 Å². The lowest BCUT2D eigenvalue weighted by Gasteiger charge is -2.31. The molecule has 1 N–H and O–H groups in total. The molecule has 1 unspecified atom stereocenters. The van der Waals surface area contributed by atoms with Crippen molar-refractivity contribution in [1.82, 2.24) is 15.2 Å². The van der Waals surface area contributed by atoms with Gasteiger partial charge in [-0.3, -0.25) is 9.59 Å². The molecule has 1 aromatic heterocycles. The first kappa shape index (κ1) is 11.1. The topological polar surface area (TPSA) is 62.3 Å². The minimum atomic E-state index is -0.375. The van der Waals surface area contributed by atoms with E-state index in [9.17, 15) is 9.59 Å². The van der Waals surface area contributed by atoms with Crippen molar-refractivity contribution in [2.75, 3.05) is 6.54 Å². The second-order valence-electron chi connectivity index (χ2n) is 3.70. The van der Waals surface area contributed by atoms with Gasteiger partial charge in [0.15, 0.2) is 0 Å². The molecule has 1 aliphatic heterocycles. The van der Waals surface area contributed by atoms with Gasteiger partial charge in [0.05, 0.1) is 17.7 Å². The Morgan fingerprint density at radius 1 is 1.62 bits per heavy atom. The van der Waals surface area contributed by atoms with Gasteiger partial charge >= 0.3 is 0 Å². The van der Waals surface area contributed by atoms with Crippen LogP contribution >= 0.6 is 11.3 Å². The van der Waals surface area contributed by atoms with Gasteiger partial charge in [0, 0.05) is 5.38 Å². The van der Waals surface area contributed by atoms with Gasteiger partial charge in [-0.2, -0.15) is 0 Å². The summed E-state index contributed by atoms with van der Waals surface area (Å²) < 4.78 is 0. The largest absolute Gasteiger partial charge is 0.343 e. The normalized spacial score (nSPS) is 21.1. The van der Waals surface area contributed by atoms with Crippen LogP contribution in [0.5, 0.6) is 0 Å². The van der Waals surface area contributed by atoms with Crippen molar-refractivity contribution in [2.45, 2.75) is 25.9 Å². The molecule has 0 saturated carbocycles. The number of piperazine rings is 1. The van der Waals surface area contributed by atoms with Crippen LogP contribution in [0.25, 0.3) is 0 Å². The highest BCUT2D eigenvalue weighted by Crippen LogP contribution is 2.11. The first-order valence-electron chi connectivity index (χ1n) is 5.16. The van der Waals surface area contributed by atoms with E-state index in [-0.39, 0.29) is 24.4 Å². The Morgan fingerprint density at radius 2 is 2.44 bits per heavy atom. The summed E-state index contributed by atoms with van der Waals surface area (Å²) in [4.78, 5) is 29.0. The summed E-state index contributed by atoms with van der Waals surface area (Å²) >= 11 is 1.49. The van der Waals surface area contributed by atoms with Crippen molar-refractivity contribution in [2.24, 2.45) is 0 Å². The van der Waals surface area contributed by atoms with E-state index >= 15 is 0 Å². The molecule has 1 saturated heterocycles.